The van der Waals surface area contributed by atoms with Crippen molar-refractivity contribution in [3.05, 3.63) is 34.6 Å². The highest BCUT2D eigenvalue weighted by molar-refractivity contribution is 6.18. The topological polar surface area (TPSA) is 40.5 Å². The minimum Gasteiger partial charge on any atom is -0.508 e. The first kappa shape index (κ1) is 14.6. The molecule has 0 aromatic heterocycles. The van der Waals surface area contributed by atoms with Crippen molar-refractivity contribution < 1.29 is 10.2 Å². The molecule has 4 rings (SSSR count). The van der Waals surface area contributed by atoms with Gasteiger partial charge in [0.25, 0.3) is 0 Å². The van der Waals surface area contributed by atoms with E-state index in [2.05, 4.69) is 13.0 Å². The monoisotopic (exact) mass is 296 g/mol. The van der Waals surface area contributed by atoms with Crippen molar-refractivity contribution in [2.75, 3.05) is 0 Å². The van der Waals surface area contributed by atoms with Crippen LogP contribution in [0.4, 0.5) is 0 Å². The third-order valence-corrected chi connectivity index (χ3v) is 7.03. The van der Waals surface area contributed by atoms with Crippen LogP contribution in [0.1, 0.15) is 52.4 Å². The van der Waals surface area contributed by atoms with Gasteiger partial charge in [0.15, 0.2) is 0 Å². The van der Waals surface area contributed by atoms with Gasteiger partial charge in [-0.2, -0.15) is 0 Å². The molecule has 2 saturated carbocycles. The summed E-state index contributed by atoms with van der Waals surface area (Å²) in [5.41, 5.74) is 4.15. The third-order valence-electron chi connectivity index (χ3n) is 7.03. The predicted molar refractivity (Wildman–Crippen MR) is 88.7 cm³/mol. The van der Waals surface area contributed by atoms with Gasteiger partial charge < -0.3 is 10.2 Å². The molecule has 2 N–H and O–H groups in total. The van der Waals surface area contributed by atoms with Crippen LogP contribution < -0.4 is 0 Å². The highest BCUT2D eigenvalue weighted by Crippen LogP contribution is 2.66. The molecule has 0 heterocycles. The van der Waals surface area contributed by atoms with Gasteiger partial charge in [-0.1, -0.05) is 30.6 Å². The summed E-state index contributed by atoms with van der Waals surface area (Å²) in [5, 5.41) is 19.9. The Hall–Kier alpha value is -0.955. The quantitative estimate of drug-likeness (QED) is 0.524. The van der Waals surface area contributed by atoms with E-state index in [1.54, 1.807) is 0 Å². The molecule has 5 atom stereocenters. The van der Waals surface area contributed by atoms with Gasteiger partial charge in [-0.05, 0) is 73.2 Å². The molecule has 4 aliphatic rings. The first-order chi connectivity index (χ1) is 10.3. The van der Waals surface area contributed by atoms with E-state index in [9.17, 15) is 10.2 Å². The normalized spacial score (nSPS) is 47.3. The molecule has 3 heteroatoms. The van der Waals surface area contributed by atoms with Gasteiger partial charge in [0.1, 0.15) is 5.76 Å². The summed E-state index contributed by atoms with van der Waals surface area (Å²) in [5.74, 6) is 1.09. The molecule has 116 valence electrons. The highest BCUT2D eigenvalue weighted by atomic mass is 16.3. The largest absolute Gasteiger partial charge is 0.508 e. The molecule has 4 aliphatic carbocycles. The maximum Gasteiger partial charge on any atom is 0.114 e. The van der Waals surface area contributed by atoms with Crippen LogP contribution in [0.5, 0.6) is 0 Å². The summed E-state index contributed by atoms with van der Waals surface area (Å²) in [6.07, 6.45) is 9.65. The van der Waals surface area contributed by atoms with Crippen LogP contribution >= 0.6 is 0 Å². The highest BCUT2D eigenvalue weighted by Gasteiger charge is 2.53. The van der Waals surface area contributed by atoms with Crippen molar-refractivity contribution in [3.8, 4) is 0 Å². The molecule has 2 radical (unpaired) electrons. The molecular weight excluding hydrogens is 271 g/mol. The average molecular weight is 296 g/mol. The van der Waals surface area contributed by atoms with Crippen molar-refractivity contribution in [2.24, 2.45) is 17.3 Å². The molecule has 0 aromatic carbocycles. The number of rotatable bonds is 0. The van der Waals surface area contributed by atoms with E-state index >= 15 is 0 Å². The van der Waals surface area contributed by atoms with E-state index in [1.165, 1.54) is 11.1 Å². The molecular formula is C19H25BO2. The van der Waals surface area contributed by atoms with Crippen molar-refractivity contribution in [1.29, 1.82) is 0 Å². The predicted octanol–water partition coefficient (Wildman–Crippen LogP) is 3.99. The second-order valence-electron chi connectivity index (χ2n) is 8.22. The van der Waals surface area contributed by atoms with Gasteiger partial charge in [0.05, 0.1) is 14.0 Å². The summed E-state index contributed by atoms with van der Waals surface area (Å²) >= 11 is 0. The Bertz CT molecular complexity index is 617. The van der Waals surface area contributed by atoms with E-state index < -0.39 is 0 Å². The molecule has 2 fully saturated rings. The van der Waals surface area contributed by atoms with E-state index in [0.29, 0.717) is 17.6 Å². The van der Waals surface area contributed by atoms with Gasteiger partial charge >= 0.3 is 0 Å². The van der Waals surface area contributed by atoms with Crippen LogP contribution in [0.15, 0.2) is 34.6 Å². The van der Waals surface area contributed by atoms with Gasteiger partial charge in [0, 0.05) is 0 Å². The zero-order valence-corrected chi connectivity index (χ0v) is 13.6. The van der Waals surface area contributed by atoms with Gasteiger partial charge in [-0.3, -0.25) is 0 Å². The van der Waals surface area contributed by atoms with Crippen molar-refractivity contribution in [2.45, 2.75) is 63.8 Å². The van der Waals surface area contributed by atoms with Crippen molar-refractivity contribution >= 4 is 7.85 Å². The molecule has 0 spiro atoms. The molecule has 0 aromatic rings. The maximum absolute atomic E-state index is 10.2. The van der Waals surface area contributed by atoms with E-state index in [0.717, 1.165) is 44.1 Å². The zero-order chi connectivity index (χ0) is 15.7. The van der Waals surface area contributed by atoms with Gasteiger partial charge in [-0.15, -0.1) is 0 Å². The van der Waals surface area contributed by atoms with Crippen LogP contribution in [0.2, 0.25) is 5.31 Å². The molecule has 2 nitrogen and oxygen atoms in total. The fourth-order valence-electron chi connectivity index (χ4n) is 5.75. The fraction of sp³-hybridized carbons (Fsp3) is 0.684. The number of hydrogen-bond acceptors (Lipinski definition) is 2. The summed E-state index contributed by atoms with van der Waals surface area (Å²) in [6.45, 7) is 4.36. The Balaban J connectivity index is 1.80. The fourth-order valence-corrected chi connectivity index (χ4v) is 5.75. The minimum absolute atomic E-state index is 0.163. The molecule has 0 amide bonds. The maximum atomic E-state index is 10.2. The lowest BCUT2D eigenvalue weighted by Crippen LogP contribution is -2.41. The van der Waals surface area contributed by atoms with Crippen molar-refractivity contribution in [3.63, 3.8) is 0 Å². The lowest BCUT2D eigenvalue weighted by Gasteiger charge is -2.54. The third kappa shape index (κ3) is 1.78. The first-order valence-electron chi connectivity index (χ1n) is 8.63. The molecule has 0 aliphatic heterocycles. The number of aliphatic hydroxyl groups excluding tert-OH is 2. The average Bonchev–Trinajstić information content (AvgIpc) is 2.77. The Morgan fingerprint density at radius 1 is 1.27 bits per heavy atom. The number of allylic oxidation sites excluding steroid dienone is 4. The van der Waals surface area contributed by atoms with Crippen LogP contribution in [0.25, 0.3) is 0 Å². The summed E-state index contributed by atoms with van der Waals surface area (Å²) < 4.78 is 0. The van der Waals surface area contributed by atoms with E-state index in [1.807, 2.05) is 13.0 Å². The summed E-state index contributed by atoms with van der Waals surface area (Å²) in [4.78, 5) is 0. The smallest absolute Gasteiger partial charge is 0.114 e. The van der Waals surface area contributed by atoms with Gasteiger partial charge in [-0.25, -0.2) is 0 Å². The Morgan fingerprint density at radius 2 is 2.05 bits per heavy atom. The molecule has 0 saturated heterocycles. The Morgan fingerprint density at radius 3 is 2.82 bits per heavy atom. The second-order valence-corrected chi connectivity index (χ2v) is 8.22. The molecule has 22 heavy (non-hydrogen) atoms. The molecule has 0 bridgehead atoms. The summed E-state index contributed by atoms with van der Waals surface area (Å²) in [6, 6.07) is 0. The number of fused-ring (bicyclic) bond motifs is 4. The Labute approximate surface area is 134 Å². The first-order valence-corrected chi connectivity index (χ1v) is 8.63. The van der Waals surface area contributed by atoms with Gasteiger partial charge in [0.2, 0.25) is 0 Å². The molecule has 2 unspecified atom stereocenters. The van der Waals surface area contributed by atoms with Crippen LogP contribution in [0.3, 0.4) is 0 Å². The van der Waals surface area contributed by atoms with Crippen LogP contribution in [-0.2, 0) is 0 Å². The van der Waals surface area contributed by atoms with E-state index in [-0.39, 0.29) is 16.8 Å². The van der Waals surface area contributed by atoms with Crippen LogP contribution in [-0.4, -0.2) is 24.2 Å². The Kier molecular flexibility index (Phi) is 3.01. The SMILES string of the molecule is [B][C@]12CC[C@@]3(C)C[C@@H](O)CC3=C1CCC1C(C)=C(O)C=CC12. The zero-order valence-electron chi connectivity index (χ0n) is 13.6. The number of aliphatic hydroxyl groups is 2. The standard InChI is InChI=1S/C19H25BO2/c1-11-13-3-4-15-16-9-12(21)10-18(16,2)7-8-19(15,20)14(13)5-6-17(11)22/h5-6,12-14,21-22H,3-4,7-10H2,1-2H3/t12-,13?,14?,18-,19-/m0/s1. The number of hydrogen-bond donors (Lipinski definition) is 2. The lowest BCUT2D eigenvalue weighted by atomic mass is 9.42. The minimum atomic E-state index is -0.277. The lowest BCUT2D eigenvalue weighted by molar-refractivity contribution is 0.153. The summed E-state index contributed by atoms with van der Waals surface area (Å²) in [7, 11) is 6.99. The van der Waals surface area contributed by atoms with E-state index in [4.69, 9.17) is 7.85 Å². The second kappa shape index (κ2) is 4.53. The van der Waals surface area contributed by atoms with Crippen LogP contribution in [0, 0.1) is 17.3 Å². The van der Waals surface area contributed by atoms with Crippen molar-refractivity contribution in [1.82, 2.24) is 0 Å².